The largest absolute Gasteiger partial charge is 0.339 e. The van der Waals surface area contributed by atoms with Gasteiger partial charge in [0.2, 0.25) is 0 Å². The van der Waals surface area contributed by atoms with Gasteiger partial charge in [0, 0.05) is 32.8 Å². The molecule has 0 atom stereocenters. The summed E-state index contributed by atoms with van der Waals surface area (Å²) in [5, 5.41) is 1.95. The third-order valence-corrected chi connectivity index (χ3v) is 5.85. The summed E-state index contributed by atoms with van der Waals surface area (Å²) in [6.07, 6.45) is 4.19. The van der Waals surface area contributed by atoms with Gasteiger partial charge in [-0.1, -0.05) is 23.2 Å². The Balaban J connectivity index is 1.75. The first-order valence-electron chi connectivity index (χ1n) is 9.02. The van der Waals surface area contributed by atoms with E-state index in [0.29, 0.717) is 27.1 Å². The van der Waals surface area contributed by atoms with E-state index in [4.69, 9.17) is 29.0 Å². The quantitative estimate of drug-likeness (QED) is 0.510. The van der Waals surface area contributed by atoms with Gasteiger partial charge in [-0.2, -0.15) is 0 Å². The second-order valence-electron chi connectivity index (χ2n) is 7.29. The minimum absolute atomic E-state index is 0.0969. The molecule has 4 nitrogen and oxygen atoms in total. The summed E-state index contributed by atoms with van der Waals surface area (Å²) in [4.78, 5) is 15.3. The van der Waals surface area contributed by atoms with E-state index in [0.717, 1.165) is 36.8 Å². The molecule has 1 saturated heterocycles. The van der Waals surface area contributed by atoms with E-state index in [1.165, 1.54) is 5.56 Å². The molecule has 0 saturated carbocycles. The summed E-state index contributed by atoms with van der Waals surface area (Å²) < 4.78 is 1.66. The fourth-order valence-electron chi connectivity index (χ4n) is 3.92. The van der Waals surface area contributed by atoms with Crippen LogP contribution in [0.15, 0.2) is 42.6 Å². The molecule has 6 heteroatoms. The van der Waals surface area contributed by atoms with Crippen LogP contribution in [-0.2, 0) is 0 Å². The Bertz CT molecular complexity index is 999. The molecular formula is C21H21Cl2N3O. The number of carbonyl (C=O) groups excluding carboxylic acids is 1. The first-order valence-corrected chi connectivity index (χ1v) is 9.77. The van der Waals surface area contributed by atoms with Gasteiger partial charge in [-0.05, 0) is 80.9 Å². The molecule has 0 radical (unpaired) electrons. The van der Waals surface area contributed by atoms with Crippen LogP contribution in [0.25, 0.3) is 10.9 Å². The lowest BCUT2D eigenvalue weighted by Crippen LogP contribution is -2.29. The number of piperidine rings is 1. The lowest BCUT2D eigenvalue weighted by Gasteiger charge is -2.28. The second kappa shape index (κ2) is 7.19. The van der Waals surface area contributed by atoms with E-state index >= 15 is 0 Å². The van der Waals surface area contributed by atoms with Gasteiger partial charge in [-0.15, -0.1) is 0 Å². The number of benzene rings is 2. The van der Waals surface area contributed by atoms with Crippen LogP contribution < -0.4 is 5.84 Å². The molecule has 0 amide bonds. The van der Waals surface area contributed by atoms with Crippen molar-refractivity contribution < 1.29 is 4.79 Å². The molecule has 2 aromatic carbocycles. The summed E-state index contributed by atoms with van der Waals surface area (Å²) in [6, 6.07) is 10.6. The predicted molar refractivity (Wildman–Crippen MR) is 111 cm³/mol. The number of halogens is 2. The highest BCUT2D eigenvalue weighted by atomic mass is 35.5. The van der Waals surface area contributed by atoms with Crippen molar-refractivity contribution in [2.45, 2.75) is 18.8 Å². The molecule has 140 valence electrons. The highest BCUT2D eigenvalue weighted by Crippen LogP contribution is 2.34. The third kappa shape index (κ3) is 3.57. The molecular weight excluding hydrogens is 381 g/mol. The average molecular weight is 402 g/mol. The van der Waals surface area contributed by atoms with Gasteiger partial charge in [-0.25, -0.2) is 0 Å². The number of nitrogens with zero attached hydrogens (tertiary/aromatic N) is 2. The number of ketones is 1. The maximum absolute atomic E-state index is 13.0. The van der Waals surface area contributed by atoms with Gasteiger partial charge in [-0.3, -0.25) is 9.47 Å². The zero-order chi connectivity index (χ0) is 19.1. The lowest BCUT2D eigenvalue weighted by atomic mass is 9.88. The molecule has 0 spiro atoms. The van der Waals surface area contributed by atoms with Gasteiger partial charge in [0.15, 0.2) is 5.78 Å². The Morgan fingerprint density at radius 2 is 1.70 bits per heavy atom. The number of aromatic nitrogens is 1. The fraction of sp³-hybridized carbons (Fsp3) is 0.286. The Morgan fingerprint density at radius 1 is 1.04 bits per heavy atom. The number of rotatable bonds is 3. The minimum atomic E-state index is -0.0969. The monoisotopic (exact) mass is 401 g/mol. The molecule has 2 heterocycles. The number of likely N-dealkylation sites (tertiary alicyclic amines) is 1. The zero-order valence-electron chi connectivity index (χ0n) is 15.1. The number of hydrogen-bond acceptors (Lipinski definition) is 3. The Labute approximate surface area is 168 Å². The summed E-state index contributed by atoms with van der Waals surface area (Å²) in [6.45, 7) is 2.14. The van der Waals surface area contributed by atoms with Crippen LogP contribution in [0.3, 0.4) is 0 Å². The van der Waals surface area contributed by atoms with Crippen molar-refractivity contribution in [3.63, 3.8) is 0 Å². The van der Waals surface area contributed by atoms with Crippen molar-refractivity contribution in [2.75, 3.05) is 26.0 Å². The first-order chi connectivity index (χ1) is 12.9. The maximum atomic E-state index is 13.0. The van der Waals surface area contributed by atoms with E-state index in [9.17, 15) is 4.79 Å². The summed E-state index contributed by atoms with van der Waals surface area (Å²) in [5.41, 5.74) is 3.25. The zero-order valence-corrected chi connectivity index (χ0v) is 16.6. The van der Waals surface area contributed by atoms with Crippen molar-refractivity contribution >= 4 is 39.9 Å². The van der Waals surface area contributed by atoms with Crippen LogP contribution in [0.1, 0.15) is 40.2 Å². The lowest BCUT2D eigenvalue weighted by molar-refractivity contribution is 0.103. The van der Waals surface area contributed by atoms with E-state index < -0.39 is 0 Å². The van der Waals surface area contributed by atoms with Crippen molar-refractivity contribution in [2.24, 2.45) is 0 Å². The van der Waals surface area contributed by atoms with Crippen molar-refractivity contribution in [3.8, 4) is 0 Å². The van der Waals surface area contributed by atoms with Crippen LogP contribution in [0, 0.1) is 0 Å². The Hall–Kier alpha value is -2.01. The number of hydrogen-bond donors (Lipinski definition) is 1. The maximum Gasteiger partial charge on any atom is 0.193 e. The molecule has 3 aromatic rings. The van der Waals surface area contributed by atoms with Gasteiger partial charge in [0.25, 0.3) is 0 Å². The molecule has 1 fully saturated rings. The molecule has 27 heavy (non-hydrogen) atoms. The molecule has 1 aliphatic heterocycles. The Morgan fingerprint density at radius 3 is 2.37 bits per heavy atom. The van der Waals surface area contributed by atoms with Crippen molar-refractivity contribution in [3.05, 3.63) is 69.3 Å². The summed E-state index contributed by atoms with van der Waals surface area (Å²) in [7, 11) is 2.15. The fourth-order valence-corrected chi connectivity index (χ4v) is 4.45. The predicted octanol–water partition coefficient (Wildman–Crippen LogP) is 4.70. The van der Waals surface area contributed by atoms with Crippen molar-refractivity contribution in [1.29, 1.82) is 0 Å². The van der Waals surface area contributed by atoms with E-state index in [1.54, 1.807) is 28.9 Å². The van der Waals surface area contributed by atoms with Crippen LogP contribution in [0.5, 0.6) is 0 Å². The average Bonchev–Trinajstić information content (AvgIpc) is 2.97. The van der Waals surface area contributed by atoms with Gasteiger partial charge >= 0.3 is 0 Å². The molecule has 0 unspecified atom stereocenters. The molecule has 0 aliphatic carbocycles. The van der Waals surface area contributed by atoms with Crippen molar-refractivity contribution in [1.82, 2.24) is 9.58 Å². The van der Waals surface area contributed by atoms with Crippen LogP contribution in [0.4, 0.5) is 0 Å². The highest BCUT2D eigenvalue weighted by Gasteiger charge is 2.23. The number of nitrogens with two attached hydrogens (primary N) is 1. The van der Waals surface area contributed by atoms with Gasteiger partial charge in [0.1, 0.15) is 0 Å². The topological polar surface area (TPSA) is 51.3 Å². The third-order valence-electron chi connectivity index (χ3n) is 5.41. The van der Waals surface area contributed by atoms with Gasteiger partial charge < -0.3 is 10.7 Å². The SMILES string of the molecule is CN1CCC(c2cn(N)c3ccc(C(=O)c4cc(Cl)cc(Cl)c4)cc23)CC1. The van der Waals surface area contributed by atoms with E-state index in [-0.39, 0.29) is 5.78 Å². The van der Waals surface area contributed by atoms with Crippen LogP contribution in [-0.4, -0.2) is 35.5 Å². The minimum Gasteiger partial charge on any atom is -0.339 e. The second-order valence-corrected chi connectivity index (χ2v) is 8.16. The van der Waals surface area contributed by atoms with Crippen LogP contribution in [0.2, 0.25) is 10.0 Å². The molecule has 1 aromatic heterocycles. The van der Waals surface area contributed by atoms with E-state index in [2.05, 4.69) is 11.9 Å². The number of carbonyl (C=O) groups is 1. The summed E-state index contributed by atoms with van der Waals surface area (Å²) >= 11 is 12.1. The molecule has 2 N–H and O–H groups in total. The van der Waals surface area contributed by atoms with E-state index in [1.807, 2.05) is 18.3 Å². The normalized spacial score (nSPS) is 16.1. The molecule has 0 bridgehead atoms. The standard InChI is InChI=1S/C21H21Cl2N3O/c1-25-6-4-13(5-7-25)19-12-26(24)20-3-2-14(10-18(19)20)21(27)15-8-16(22)11-17(23)9-15/h2-3,8-13H,4-7,24H2,1H3. The Kier molecular flexibility index (Phi) is 4.89. The number of fused-ring (bicyclic) bond motifs is 1. The highest BCUT2D eigenvalue weighted by molar-refractivity contribution is 6.35. The molecule has 4 rings (SSSR count). The smallest absolute Gasteiger partial charge is 0.193 e. The molecule has 1 aliphatic rings. The van der Waals surface area contributed by atoms with Gasteiger partial charge in [0.05, 0.1) is 5.52 Å². The van der Waals surface area contributed by atoms with Crippen LogP contribution >= 0.6 is 23.2 Å². The number of nitrogen functional groups attached to an aromatic ring is 1. The summed E-state index contributed by atoms with van der Waals surface area (Å²) in [5.74, 6) is 6.54. The first kappa shape index (κ1) is 18.4.